The molecule has 0 atom stereocenters. The number of nitrogens with zero attached hydrogens (tertiary/aromatic N) is 1. The molecule has 20 heavy (non-hydrogen) atoms. The van der Waals surface area contributed by atoms with Crippen LogP contribution >= 0.6 is 0 Å². The van der Waals surface area contributed by atoms with Gasteiger partial charge in [0.05, 0.1) is 5.56 Å². The van der Waals surface area contributed by atoms with E-state index in [2.05, 4.69) is 17.0 Å². The Kier molecular flexibility index (Phi) is 4.91. The van der Waals surface area contributed by atoms with Gasteiger partial charge in [0, 0.05) is 13.1 Å². The van der Waals surface area contributed by atoms with Crippen molar-refractivity contribution in [3.63, 3.8) is 0 Å². The number of carboxylic acid groups (broad SMARTS) is 1. The molecular weight excluding hydrogens is 250 g/mol. The van der Waals surface area contributed by atoms with Crippen LogP contribution in [-0.2, 0) is 13.0 Å². The zero-order valence-electron chi connectivity index (χ0n) is 11.6. The van der Waals surface area contributed by atoms with Crippen molar-refractivity contribution in [2.45, 2.75) is 13.0 Å². The van der Waals surface area contributed by atoms with Crippen molar-refractivity contribution in [2.75, 3.05) is 13.6 Å². The van der Waals surface area contributed by atoms with E-state index >= 15 is 0 Å². The molecule has 0 aromatic heterocycles. The molecule has 0 saturated carbocycles. The first-order valence-electron chi connectivity index (χ1n) is 6.70. The van der Waals surface area contributed by atoms with Crippen molar-refractivity contribution in [2.24, 2.45) is 0 Å². The van der Waals surface area contributed by atoms with Crippen LogP contribution in [0.2, 0.25) is 0 Å². The van der Waals surface area contributed by atoms with E-state index in [-0.39, 0.29) is 0 Å². The lowest BCUT2D eigenvalue weighted by molar-refractivity contribution is 0.0694. The normalized spacial score (nSPS) is 10.7. The maximum absolute atomic E-state index is 11.2. The largest absolute Gasteiger partial charge is 0.478 e. The molecule has 2 rings (SSSR count). The first-order valence-corrected chi connectivity index (χ1v) is 6.70. The fourth-order valence-corrected chi connectivity index (χ4v) is 2.20. The van der Waals surface area contributed by atoms with Crippen LogP contribution in [0.3, 0.4) is 0 Å². The molecule has 0 radical (unpaired) electrons. The Morgan fingerprint density at radius 3 is 2.40 bits per heavy atom. The Hall–Kier alpha value is -2.13. The fraction of sp³-hybridized carbons (Fsp3) is 0.235. The summed E-state index contributed by atoms with van der Waals surface area (Å²) >= 11 is 0. The van der Waals surface area contributed by atoms with Gasteiger partial charge in [-0.1, -0.05) is 48.5 Å². The molecule has 2 aromatic rings. The second-order valence-corrected chi connectivity index (χ2v) is 4.94. The minimum Gasteiger partial charge on any atom is -0.478 e. The molecule has 2 aromatic carbocycles. The Bertz CT molecular complexity index is 566. The van der Waals surface area contributed by atoms with E-state index in [1.165, 1.54) is 5.56 Å². The topological polar surface area (TPSA) is 40.5 Å². The summed E-state index contributed by atoms with van der Waals surface area (Å²) in [5, 5.41) is 9.17. The molecule has 3 nitrogen and oxygen atoms in total. The summed E-state index contributed by atoms with van der Waals surface area (Å²) in [7, 11) is 2.02. The van der Waals surface area contributed by atoms with Gasteiger partial charge in [0.15, 0.2) is 0 Å². The van der Waals surface area contributed by atoms with Crippen LogP contribution in [0.15, 0.2) is 54.6 Å². The summed E-state index contributed by atoms with van der Waals surface area (Å²) in [6.45, 7) is 1.55. The van der Waals surface area contributed by atoms with E-state index in [0.29, 0.717) is 12.1 Å². The molecule has 1 N–H and O–H groups in total. The maximum atomic E-state index is 11.2. The van der Waals surface area contributed by atoms with Crippen molar-refractivity contribution in [3.8, 4) is 0 Å². The number of benzene rings is 2. The van der Waals surface area contributed by atoms with E-state index in [1.54, 1.807) is 12.1 Å². The quantitative estimate of drug-likeness (QED) is 0.876. The van der Waals surface area contributed by atoms with Crippen LogP contribution in [0.25, 0.3) is 0 Å². The van der Waals surface area contributed by atoms with Gasteiger partial charge in [0.2, 0.25) is 0 Å². The van der Waals surface area contributed by atoms with Crippen LogP contribution in [0, 0.1) is 0 Å². The molecule has 104 valence electrons. The predicted octanol–water partition coefficient (Wildman–Crippen LogP) is 3.06. The van der Waals surface area contributed by atoms with Gasteiger partial charge in [0.25, 0.3) is 0 Å². The van der Waals surface area contributed by atoms with Crippen molar-refractivity contribution >= 4 is 5.97 Å². The molecule has 0 bridgehead atoms. The number of hydrogen-bond donors (Lipinski definition) is 1. The van der Waals surface area contributed by atoms with Crippen molar-refractivity contribution < 1.29 is 9.90 Å². The average Bonchev–Trinajstić information content (AvgIpc) is 2.46. The van der Waals surface area contributed by atoms with Crippen molar-refractivity contribution in [1.29, 1.82) is 0 Å². The summed E-state index contributed by atoms with van der Waals surface area (Å²) < 4.78 is 0. The zero-order chi connectivity index (χ0) is 14.4. The number of likely N-dealkylation sites (N-methyl/N-ethyl adjacent to an activating group) is 1. The Balaban J connectivity index is 1.95. The monoisotopic (exact) mass is 269 g/mol. The van der Waals surface area contributed by atoms with E-state index in [0.717, 1.165) is 18.5 Å². The van der Waals surface area contributed by atoms with E-state index in [1.807, 2.05) is 37.4 Å². The standard InChI is InChI=1S/C17H19NO2/c1-18(12-11-14-7-3-2-4-8-14)13-15-9-5-6-10-16(15)17(19)20/h2-10H,11-13H2,1H3,(H,19,20). The highest BCUT2D eigenvalue weighted by molar-refractivity contribution is 5.89. The molecule has 3 heteroatoms. The minimum absolute atomic E-state index is 0.388. The summed E-state index contributed by atoms with van der Waals surface area (Å²) in [5.74, 6) is -0.864. The second kappa shape index (κ2) is 6.87. The highest BCUT2D eigenvalue weighted by Crippen LogP contribution is 2.11. The molecule has 0 heterocycles. The highest BCUT2D eigenvalue weighted by Gasteiger charge is 2.10. The summed E-state index contributed by atoms with van der Waals surface area (Å²) in [6.07, 6.45) is 0.965. The maximum Gasteiger partial charge on any atom is 0.336 e. The van der Waals surface area contributed by atoms with Crippen LogP contribution in [0.4, 0.5) is 0 Å². The highest BCUT2D eigenvalue weighted by atomic mass is 16.4. The molecule has 0 aliphatic carbocycles. The van der Waals surface area contributed by atoms with Gasteiger partial charge in [-0.15, -0.1) is 0 Å². The lowest BCUT2D eigenvalue weighted by Crippen LogP contribution is -2.22. The van der Waals surface area contributed by atoms with E-state index in [9.17, 15) is 4.79 Å². The van der Waals surface area contributed by atoms with Gasteiger partial charge < -0.3 is 10.0 Å². The zero-order valence-corrected chi connectivity index (χ0v) is 11.6. The second-order valence-electron chi connectivity index (χ2n) is 4.94. The molecule has 0 amide bonds. The number of aromatic carboxylic acids is 1. The van der Waals surface area contributed by atoms with Gasteiger partial charge in [-0.05, 0) is 30.7 Å². The molecule has 0 saturated heterocycles. The molecule has 0 fully saturated rings. The third-order valence-corrected chi connectivity index (χ3v) is 3.31. The fourth-order valence-electron chi connectivity index (χ4n) is 2.20. The van der Waals surface area contributed by atoms with Crippen LogP contribution in [-0.4, -0.2) is 29.6 Å². The lowest BCUT2D eigenvalue weighted by atomic mass is 10.1. The lowest BCUT2D eigenvalue weighted by Gasteiger charge is -2.17. The smallest absolute Gasteiger partial charge is 0.336 e. The number of hydrogen-bond acceptors (Lipinski definition) is 2. The Morgan fingerprint density at radius 1 is 1.05 bits per heavy atom. The molecule has 0 aliphatic rings. The van der Waals surface area contributed by atoms with Gasteiger partial charge in [0.1, 0.15) is 0 Å². The number of carbonyl (C=O) groups is 1. The summed E-state index contributed by atoms with van der Waals surface area (Å²) in [5.41, 5.74) is 2.54. The van der Waals surface area contributed by atoms with Crippen LogP contribution < -0.4 is 0 Å². The first kappa shape index (κ1) is 14.3. The predicted molar refractivity (Wildman–Crippen MR) is 79.9 cm³/mol. The van der Waals surface area contributed by atoms with Gasteiger partial charge >= 0.3 is 5.97 Å². The minimum atomic E-state index is -0.864. The van der Waals surface area contributed by atoms with Crippen molar-refractivity contribution in [3.05, 3.63) is 71.3 Å². The number of carboxylic acids is 1. The summed E-state index contributed by atoms with van der Waals surface area (Å²) in [6, 6.07) is 17.5. The molecule has 0 unspecified atom stereocenters. The SMILES string of the molecule is CN(CCc1ccccc1)Cc1ccccc1C(=O)O. The van der Waals surface area contributed by atoms with Crippen LogP contribution in [0.1, 0.15) is 21.5 Å². The first-order chi connectivity index (χ1) is 9.66. The van der Waals surface area contributed by atoms with Crippen LogP contribution in [0.5, 0.6) is 0 Å². The van der Waals surface area contributed by atoms with E-state index in [4.69, 9.17) is 5.11 Å². The molecular formula is C17H19NO2. The van der Waals surface area contributed by atoms with E-state index < -0.39 is 5.97 Å². The van der Waals surface area contributed by atoms with Crippen molar-refractivity contribution in [1.82, 2.24) is 4.90 Å². The Labute approximate surface area is 119 Å². The third-order valence-electron chi connectivity index (χ3n) is 3.31. The molecule has 0 aliphatic heterocycles. The number of rotatable bonds is 6. The van der Waals surface area contributed by atoms with Gasteiger partial charge in [-0.2, -0.15) is 0 Å². The molecule has 0 spiro atoms. The Morgan fingerprint density at radius 2 is 1.70 bits per heavy atom. The van der Waals surface area contributed by atoms with Gasteiger partial charge in [-0.25, -0.2) is 4.79 Å². The average molecular weight is 269 g/mol. The third kappa shape index (κ3) is 3.93. The summed E-state index contributed by atoms with van der Waals surface area (Å²) in [4.78, 5) is 13.3. The van der Waals surface area contributed by atoms with Gasteiger partial charge in [-0.3, -0.25) is 0 Å².